The topological polar surface area (TPSA) is 57.7 Å². The molecule has 0 radical (unpaired) electrons. The summed E-state index contributed by atoms with van der Waals surface area (Å²) in [6.45, 7) is 2.02. The van der Waals surface area contributed by atoms with Crippen LogP contribution in [0.2, 0.25) is 0 Å². The van der Waals surface area contributed by atoms with E-state index >= 15 is 0 Å². The molecule has 1 aliphatic heterocycles. The fourth-order valence-electron chi connectivity index (χ4n) is 3.79. The van der Waals surface area contributed by atoms with Crippen LogP contribution < -0.4 is 4.90 Å². The van der Waals surface area contributed by atoms with Gasteiger partial charge in [0.1, 0.15) is 11.9 Å². The van der Waals surface area contributed by atoms with Crippen LogP contribution in [0.1, 0.15) is 27.9 Å². The van der Waals surface area contributed by atoms with E-state index in [1.807, 2.05) is 49.4 Å². The minimum absolute atomic E-state index is 0.124. The van der Waals surface area contributed by atoms with Gasteiger partial charge in [-0.25, -0.2) is 9.29 Å². The molecule has 0 saturated carbocycles. The molecule has 1 aliphatic rings. The fraction of sp³-hybridized carbons (Fsp3) is 0.160. The average Bonchev–Trinajstić information content (AvgIpc) is 3.07. The van der Waals surface area contributed by atoms with Crippen LogP contribution >= 0.6 is 0 Å². The van der Waals surface area contributed by atoms with Gasteiger partial charge in [0.2, 0.25) is 5.91 Å². The molecule has 1 unspecified atom stereocenters. The van der Waals surface area contributed by atoms with Crippen molar-refractivity contribution in [1.29, 1.82) is 0 Å². The number of halogens is 1. The van der Waals surface area contributed by atoms with E-state index in [2.05, 4.69) is 0 Å². The van der Waals surface area contributed by atoms with E-state index in [4.69, 9.17) is 0 Å². The molecular formula is C25H21FN2O3. The Bertz CT molecular complexity index is 1130. The van der Waals surface area contributed by atoms with Crippen molar-refractivity contribution in [2.24, 2.45) is 0 Å². The van der Waals surface area contributed by atoms with Crippen LogP contribution in [0.4, 0.5) is 10.1 Å². The second kappa shape index (κ2) is 8.52. The normalized spacial score (nSPS) is 15.9. The molecule has 5 nitrogen and oxygen atoms in total. The van der Waals surface area contributed by atoms with Crippen LogP contribution in [0, 0.1) is 12.7 Å². The predicted octanol–water partition coefficient (Wildman–Crippen LogP) is 4.11. The maximum absolute atomic E-state index is 13.5. The molecule has 3 aromatic rings. The molecule has 0 spiro atoms. The Kier molecular flexibility index (Phi) is 5.62. The van der Waals surface area contributed by atoms with Crippen LogP contribution in [0.25, 0.3) is 0 Å². The molecule has 1 fully saturated rings. The van der Waals surface area contributed by atoms with Crippen LogP contribution in [0.3, 0.4) is 0 Å². The van der Waals surface area contributed by atoms with Crippen molar-refractivity contribution in [2.75, 3.05) is 4.90 Å². The van der Waals surface area contributed by atoms with Crippen molar-refractivity contribution in [2.45, 2.75) is 25.9 Å². The van der Waals surface area contributed by atoms with Gasteiger partial charge >= 0.3 is 0 Å². The highest BCUT2D eigenvalue weighted by Gasteiger charge is 2.44. The third kappa shape index (κ3) is 4.10. The lowest BCUT2D eigenvalue weighted by Gasteiger charge is -2.28. The summed E-state index contributed by atoms with van der Waals surface area (Å²) in [4.78, 5) is 42.0. The summed E-state index contributed by atoms with van der Waals surface area (Å²) in [6.07, 6.45) is -0.124. The number of anilines is 1. The molecule has 31 heavy (non-hydrogen) atoms. The molecule has 6 heteroatoms. The molecule has 156 valence electrons. The zero-order valence-electron chi connectivity index (χ0n) is 17.0. The van der Waals surface area contributed by atoms with E-state index < -0.39 is 23.7 Å². The van der Waals surface area contributed by atoms with Gasteiger partial charge in [-0.3, -0.25) is 14.4 Å². The highest BCUT2D eigenvalue weighted by atomic mass is 19.1. The summed E-state index contributed by atoms with van der Waals surface area (Å²) >= 11 is 0. The van der Waals surface area contributed by atoms with Gasteiger partial charge in [-0.2, -0.15) is 0 Å². The van der Waals surface area contributed by atoms with E-state index in [-0.39, 0.29) is 18.9 Å². The maximum Gasteiger partial charge on any atom is 0.257 e. The molecule has 0 aliphatic carbocycles. The summed E-state index contributed by atoms with van der Waals surface area (Å²) in [6, 6.07) is 20.7. The predicted molar refractivity (Wildman–Crippen MR) is 115 cm³/mol. The molecular weight excluding hydrogens is 395 g/mol. The third-order valence-corrected chi connectivity index (χ3v) is 5.42. The maximum atomic E-state index is 13.5. The van der Waals surface area contributed by atoms with Gasteiger partial charge in [0.15, 0.2) is 0 Å². The second-order valence-electron chi connectivity index (χ2n) is 7.50. The number of hydrogen-bond donors (Lipinski definition) is 0. The van der Waals surface area contributed by atoms with Crippen molar-refractivity contribution < 1.29 is 18.8 Å². The summed E-state index contributed by atoms with van der Waals surface area (Å²) in [7, 11) is 0. The largest absolute Gasteiger partial charge is 0.322 e. The van der Waals surface area contributed by atoms with E-state index in [1.165, 1.54) is 29.2 Å². The van der Waals surface area contributed by atoms with Crippen LogP contribution in [-0.2, 0) is 16.1 Å². The molecule has 0 N–H and O–H groups in total. The summed E-state index contributed by atoms with van der Waals surface area (Å²) in [5.41, 5.74) is 2.42. The zero-order chi connectivity index (χ0) is 22.0. The molecule has 1 heterocycles. The van der Waals surface area contributed by atoms with Crippen molar-refractivity contribution >= 4 is 23.4 Å². The van der Waals surface area contributed by atoms with Gasteiger partial charge in [0.05, 0.1) is 12.1 Å². The molecule has 0 aromatic heterocycles. The first-order valence-electron chi connectivity index (χ1n) is 9.98. The van der Waals surface area contributed by atoms with E-state index in [1.54, 1.807) is 12.1 Å². The zero-order valence-corrected chi connectivity index (χ0v) is 17.0. The monoisotopic (exact) mass is 416 g/mol. The smallest absolute Gasteiger partial charge is 0.257 e. The van der Waals surface area contributed by atoms with Gasteiger partial charge in [-0.1, -0.05) is 48.5 Å². The number of rotatable bonds is 5. The van der Waals surface area contributed by atoms with Crippen molar-refractivity contribution in [3.63, 3.8) is 0 Å². The summed E-state index contributed by atoms with van der Waals surface area (Å²) < 4.78 is 13.3. The molecule has 3 amide bonds. The number of benzene rings is 3. The van der Waals surface area contributed by atoms with Crippen molar-refractivity contribution in [3.05, 3.63) is 101 Å². The van der Waals surface area contributed by atoms with Crippen molar-refractivity contribution in [3.8, 4) is 0 Å². The third-order valence-electron chi connectivity index (χ3n) is 5.42. The van der Waals surface area contributed by atoms with Gasteiger partial charge in [-0.05, 0) is 48.4 Å². The minimum Gasteiger partial charge on any atom is -0.322 e. The molecule has 4 rings (SSSR count). The Morgan fingerprint density at radius 2 is 1.61 bits per heavy atom. The number of carbonyl (C=O) groups excluding carboxylic acids is 3. The lowest BCUT2D eigenvalue weighted by molar-refractivity contribution is -0.122. The number of aryl methyl sites for hydroxylation is 1. The first-order chi connectivity index (χ1) is 15.0. The summed E-state index contributed by atoms with van der Waals surface area (Å²) in [5, 5.41) is 0. The summed E-state index contributed by atoms with van der Waals surface area (Å²) in [5.74, 6) is -1.68. The minimum atomic E-state index is -0.940. The number of imide groups is 1. The first-order valence-corrected chi connectivity index (χ1v) is 9.98. The first kappa shape index (κ1) is 20.5. The Morgan fingerprint density at radius 3 is 2.29 bits per heavy atom. The van der Waals surface area contributed by atoms with E-state index in [9.17, 15) is 18.8 Å². The van der Waals surface area contributed by atoms with E-state index in [0.29, 0.717) is 11.3 Å². The number of hydrogen-bond acceptors (Lipinski definition) is 3. The lowest BCUT2D eigenvalue weighted by Crippen LogP contribution is -2.45. The SMILES string of the molecule is Cc1ccccc1C(=O)N(Cc1ccccc1)C1CC(=O)N(c2ccc(F)cc2)C1=O. The molecule has 3 aromatic carbocycles. The highest BCUT2D eigenvalue weighted by Crippen LogP contribution is 2.28. The Labute approximate surface area is 179 Å². The molecule has 0 bridgehead atoms. The van der Waals surface area contributed by atoms with E-state index in [0.717, 1.165) is 16.0 Å². The van der Waals surface area contributed by atoms with Gasteiger partial charge in [0.25, 0.3) is 11.8 Å². The number of nitrogens with zero attached hydrogens (tertiary/aromatic N) is 2. The second-order valence-corrected chi connectivity index (χ2v) is 7.50. The van der Waals surface area contributed by atoms with Gasteiger partial charge in [0, 0.05) is 12.1 Å². The average molecular weight is 416 g/mol. The van der Waals surface area contributed by atoms with Crippen LogP contribution in [0.5, 0.6) is 0 Å². The lowest BCUT2D eigenvalue weighted by atomic mass is 10.0. The Hall–Kier alpha value is -3.80. The quantitative estimate of drug-likeness (QED) is 0.588. The molecule has 1 saturated heterocycles. The Morgan fingerprint density at radius 1 is 0.968 bits per heavy atom. The standard InChI is InChI=1S/C25H21FN2O3/c1-17-7-5-6-10-21(17)24(30)27(16-18-8-3-2-4-9-18)22-15-23(29)28(25(22)31)20-13-11-19(26)12-14-20/h2-14,22H,15-16H2,1H3. The fourth-order valence-corrected chi connectivity index (χ4v) is 3.79. The highest BCUT2D eigenvalue weighted by molar-refractivity contribution is 6.23. The Balaban J connectivity index is 1.70. The van der Waals surface area contributed by atoms with Crippen molar-refractivity contribution in [1.82, 2.24) is 4.90 Å². The van der Waals surface area contributed by atoms with Gasteiger partial charge in [-0.15, -0.1) is 0 Å². The molecule has 1 atom stereocenters. The van der Waals surface area contributed by atoms with Crippen LogP contribution in [-0.4, -0.2) is 28.7 Å². The number of amides is 3. The number of carbonyl (C=O) groups is 3. The van der Waals surface area contributed by atoms with Gasteiger partial charge < -0.3 is 4.90 Å². The van der Waals surface area contributed by atoms with Crippen LogP contribution in [0.15, 0.2) is 78.9 Å².